The molecule has 0 radical (unpaired) electrons. The van der Waals surface area contributed by atoms with E-state index in [2.05, 4.69) is 15.2 Å². The highest BCUT2D eigenvalue weighted by Gasteiger charge is 2.25. The first-order valence-electron chi connectivity index (χ1n) is 7.55. The number of nitrogens with zero attached hydrogens (tertiary/aromatic N) is 3. The number of hydrogen-bond acceptors (Lipinski definition) is 6. The first-order chi connectivity index (χ1) is 11.5. The fraction of sp³-hybridized carbons (Fsp3) is 0.250. The van der Waals surface area contributed by atoms with Crippen molar-refractivity contribution in [1.29, 1.82) is 0 Å². The molecule has 1 amide bonds. The summed E-state index contributed by atoms with van der Waals surface area (Å²) in [6.45, 7) is 1.50. The Bertz CT molecular complexity index is 763. The summed E-state index contributed by atoms with van der Waals surface area (Å²) in [5, 5.41) is 13.9. The molecule has 2 aromatic rings. The van der Waals surface area contributed by atoms with E-state index in [1.54, 1.807) is 18.2 Å². The van der Waals surface area contributed by atoms with Gasteiger partial charge < -0.3 is 26.1 Å². The Morgan fingerprint density at radius 1 is 1.33 bits per heavy atom. The molecule has 1 aromatic carbocycles. The molecule has 8 heteroatoms. The van der Waals surface area contributed by atoms with E-state index >= 15 is 0 Å². The molecule has 0 aliphatic carbocycles. The number of amides is 1. The number of rotatable bonds is 5. The summed E-state index contributed by atoms with van der Waals surface area (Å²) in [6, 6.07) is 10.5. The van der Waals surface area contributed by atoms with Gasteiger partial charge in [-0.25, -0.2) is 0 Å². The Balaban J connectivity index is 1.67. The normalized spacial score (nSPS) is 16.8. The molecule has 1 aromatic heterocycles. The summed E-state index contributed by atoms with van der Waals surface area (Å²) in [4.78, 5) is 27.6. The largest absolute Gasteiger partial charge is 0.377 e. The number of benzene rings is 1. The molecule has 1 fully saturated rings. The SMILES string of the molecule is NC(=O)c1ccccc1N1CC[C@H](Nc2ccc([N+](=O)[O-])nc2)C1. The molecule has 3 N–H and O–H groups in total. The van der Waals surface area contributed by atoms with Gasteiger partial charge in [0.1, 0.15) is 0 Å². The van der Waals surface area contributed by atoms with E-state index < -0.39 is 10.8 Å². The van der Waals surface area contributed by atoms with E-state index in [-0.39, 0.29) is 11.9 Å². The summed E-state index contributed by atoms with van der Waals surface area (Å²) in [5.74, 6) is -0.620. The maximum atomic E-state index is 11.6. The number of primary amides is 1. The Morgan fingerprint density at radius 3 is 2.79 bits per heavy atom. The molecule has 24 heavy (non-hydrogen) atoms. The molecule has 0 saturated carbocycles. The monoisotopic (exact) mass is 327 g/mol. The lowest BCUT2D eigenvalue weighted by atomic mass is 10.1. The van der Waals surface area contributed by atoms with Gasteiger partial charge in [-0.2, -0.15) is 0 Å². The van der Waals surface area contributed by atoms with Crippen LogP contribution in [0.5, 0.6) is 0 Å². The number of carbonyl (C=O) groups excluding carboxylic acids is 1. The van der Waals surface area contributed by atoms with Gasteiger partial charge in [0, 0.05) is 30.9 Å². The van der Waals surface area contributed by atoms with Crippen LogP contribution in [0.4, 0.5) is 17.2 Å². The highest BCUT2D eigenvalue weighted by Crippen LogP contribution is 2.26. The lowest BCUT2D eigenvalue weighted by molar-refractivity contribution is -0.389. The van der Waals surface area contributed by atoms with Crippen LogP contribution in [0.1, 0.15) is 16.8 Å². The van der Waals surface area contributed by atoms with Crippen LogP contribution in [0.25, 0.3) is 0 Å². The van der Waals surface area contributed by atoms with Gasteiger partial charge in [0.15, 0.2) is 6.20 Å². The molecular weight excluding hydrogens is 310 g/mol. The number of carbonyl (C=O) groups is 1. The fourth-order valence-electron chi connectivity index (χ4n) is 2.87. The maximum Gasteiger partial charge on any atom is 0.363 e. The Labute approximate surface area is 138 Å². The summed E-state index contributed by atoms with van der Waals surface area (Å²) in [6.07, 6.45) is 2.34. The minimum atomic E-state index is -0.526. The van der Waals surface area contributed by atoms with Gasteiger partial charge in [-0.15, -0.1) is 0 Å². The number of nitrogens with one attached hydrogen (secondary N) is 1. The molecule has 8 nitrogen and oxygen atoms in total. The third-order valence-electron chi connectivity index (χ3n) is 4.00. The number of aromatic nitrogens is 1. The summed E-state index contributed by atoms with van der Waals surface area (Å²) in [7, 11) is 0. The van der Waals surface area contributed by atoms with Crippen LogP contribution < -0.4 is 16.0 Å². The fourth-order valence-corrected chi connectivity index (χ4v) is 2.87. The lowest BCUT2D eigenvalue weighted by Crippen LogP contribution is -2.28. The zero-order valence-corrected chi connectivity index (χ0v) is 12.9. The third kappa shape index (κ3) is 3.27. The van der Waals surface area contributed by atoms with E-state index in [1.807, 2.05) is 12.1 Å². The number of pyridine rings is 1. The minimum absolute atomic E-state index is 0.161. The zero-order chi connectivity index (χ0) is 17.1. The van der Waals surface area contributed by atoms with Crippen molar-refractivity contribution in [2.75, 3.05) is 23.3 Å². The number of hydrogen-bond donors (Lipinski definition) is 2. The first kappa shape index (κ1) is 15.7. The average molecular weight is 327 g/mol. The van der Waals surface area contributed by atoms with Crippen LogP contribution in [0.2, 0.25) is 0 Å². The molecular formula is C16H17N5O3. The summed E-state index contributed by atoms with van der Waals surface area (Å²) in [5.41, 5.74) is 7.51. The number of anilines is 2. The van der Waals surface area contributed by atoms with Crippen molar-refractivity contribution in [2.45, 2.75) is 12.5 Å². The van der Waals surface area contributed by atoms with Crippen LogP contribution in [-0.2, 0) is 0 Å². The van der Waals surface area contributed by atoms with Crippen molar-refractivity contribution >= 4 is 23.1 Å². The molecule has 2 heterocycles. The molecule has 1 atom stereocenters. The highest BCUT2D eigenvalue weighted by molar-refractivity contribution is 5.98. The zero-order valence-electron chi connectivity index (χ0n) is 12.9. The Kier molecular flexibility index (Phi) is 4.28. The Morgan fingerprint density at radius 2 is 2.12 bits per heavy atom. The summed E-state index contributed by atoms with van der Waals surface area (Å²) >= 11 is 0. The predicted molar refractivity (Wildman–Crippen MR) is 90.1 cm³/mol. The van der Waals surface area contributed by atoms with Crippen molar-refractivity contribution in [3.05, 3.63) is 58.3 Å². The smallest absolute Gasteiger partial charge is 0.363 e. The van der Waals surface area contributed by atoms with E-state index in [4.69, 9.17) is 5.73 Å². The van der Waals surface area contributed by atoms with Crippen molar-refractivity contribution < 1.29 is 9.72 Å². The van der Waals surface area contributed by atoms with E-state index in [0.29, 0.717) is 12.1 Å². The van der Waals surface area contributed by atoms with Crippen molar-refractivity contribution in [3.8, 4) is 0 Å². The second kappa shape index (κ2) is 6.53. The molecule has 0 bridgehead atoms. The van der Waals surface area contributed by atoms with Gasteiger partial charge in [-0.05, 0) is 34.5 Å². The van der Waals surface area contributed by atoms with E-state index in [1.165, 1.54) is 12.3 Å². The van der Waals surface area contributed by atoms with Gasteiger partial charge in [-0.3, -0.25) is 4.79 Å². The molecule has 0 unspecified atom stereocenters. The van der Waals surface area contributed by atoms with Crippen LogP contribution in [0, 0.1) is 10.1 Å². The summed E-state index contributed by atoms with van der Waals surface area (Å²) < 4.78 is 0. The lowest BCUT2D eigenvalue weighted by Gasteiger charge is -2.21. The number of nitro groups is 1. The maximum absolute atomic E-state index is 11.6. The quantitative estimate of drug-likeness (QED) is 0.639. The van der Waals surface area contributed by atoms with Gasteiger partial charge in [0.05, 0.1) is 11.3 Å². The second-order valence-electron chi connectivity index (χ2n) is 5.62. The molecule has 1 aliphatic heterocycles. The molecule has 3 rings (SSSR count). The van der Waals surface area contributed by atoms with Crippen molar-refractivity contribution in [1.82, 2.24) is 4.98 Å². The Hall–Kier alpha value is -3.16. The van der Waals surface area contributed by atoms with Crippen LogP contribution in [-0.4, -0.2) is 34.9 Å². The molecule has 124 valence electrons. The van der Waals surface area contributed by atoms with Crippen LogP contribution in [0.15, 0.2) is 42.6 Å². The minimum Gasteiger partial charge on any atom is -0.377 e. The highest BCUT2D eigenvalue weighted by atomic mass is 16.6. The van der Waals surface area contributed by atoms with Gasteiger partial charge >= 0.3 is 5.82 Å². The van der Waals surface area contributed by atoms with E-state index in [0.717, 1.165) is 24.3 Å². The first-order valence-corrected chi connectivity index (χ1v) is 7.55. The topological polar surface area (TPSA) is 114 Å². The third-order valence-corrected chi connectivity index (χ3v) is 4.00. The van der Waals surface area contributed by atoms with Gasteiger partial charge in [-0.1, -0.05) is 12.1 Å². The number of para-hydroxylation sites is 1. The second-order valence-corrected chi connectivity index (χ2v) is 5.62. The van der Waals surface area contributed by atoms with Gasteiger partial charge in [0.25, 0.3) is 5.91 Å². The molecule has 1 aliphatic rings. The van der Waals surface area contributed by atoms with Crippen LogP contribution >= 0.6 is 0 Å². The standard InChI is InChI=1S/C16H17N5O3/c17-16(22)13-3-1-2-4-14(13)20-8-7-12(10-20)19-11-5-6-15(18-9-11)21(23)24/h1-6,9,12,19H,7-8,10H2,(H2,17,22)/t12-/m0/s1. The van der Waals surface area contributed by atoms with Crippen molar-refractivity contribution in [3.63, 3.8) is 0 Å². The average Bonchev–Trinajstić information content (AvgIpc) is 3.03. The van der Waals surface area contributed by atoms with E-state index in [9.17, 15) is 14.9 Å². The predicted octanol–water partition coefficient (Wildman–Crippen LogP) is 1.78. The molecule has 1 saturated heterocycles. The molecule has 0 spiro atoms. The van der Waals surface area contributed by atoms with Gasteiger partial charge in [0.2, 0.25) is 0 Å². The van der Waals surface area contributed by atoms with Crippen molar-refractivity contribution in [2.24, 2.45) is 5.73 Å². The van der Waals surface area contributed by atoms with Crippen LogP contribution in [0.3, 0.4) is 0 Å². The number of nitrogens with two attached hydrogens (primary N) is 1.